The molecule has 34 heavy (non-hydrogen) atoms. The number of carbonyl (C=O) groups is 1. The summed E-state index contributed by atoms with van der Waals surface area (Å²) in [6.07, 6.45) is 0.774. The summed E-state index contributed by atoms with van der Waals surface area (Å²) < 4.78 is 28.6. The maximum Gasteiger partial charge on any atom is 0.263 e. The van der Waals surface area contributed by atoms with Gasteiger partial charge in [-0.1, -0.05) is 41.2 Å². The van der Waals surface area contributed by atoms with E-state index in [1.807, 2.05) is 31.2 Å². The summed E-state index contributed by atoms with van der Waals surface area (Å²) in [5.41, 5.74) is 4.07. The lowest BCUT2D eigenvalue weighted by atomic mass is 10.2. The molecule has 8 nitrogen and oxygen atoms in total. The average molecular weight is 492 g/mol. The third-order valence-electron chi connectivity index (χ3n) is 5.25. The van der Waals surface area contributed by atoms with Gasteiger partial charge in [0.15, 0.2) is 5.13 Å². The smallest absolute Gasteiger partial charge is 0.263 e. The highest BCUT2D eigenvalue weighted by Crippen LogP contribution is 2.30. The largest absolute Gasteiger partial charge is 0.342 e. The SMILES string of the molecule is Cc1ccc(S(=O)(=O)Nc2nc3ccc(NC(=O)CCc4nc5ccccc5[nH]4)cc3s2)cc1. The van der Waals surface area contributed by atoms with Crippen LogP contribution >= 0.6 is 11.3 Å². The second-order valence-electron chi connectivity index (χ2n) is 7.87. The third-order valence-corrected chi connectivity index (χ3v) is 7.67. The fraction of sp³-hybridized carbons (Fsp3) is 0.125. The minimum absolute atomic E-state index is 0.135. The van der Waals surface area contributed by atoms with Gasteiger partial charge < -0.3 is 10.3 Å². The molecule has 0 atom stereocenters. The normalized spacial score (nSPS) is 11.7. The Morgan fingerprint density at radius 3 is 2.59 bits per heavy atom. The van der Waals surface area contributed by atoms with Crippen molar-refractivity contribution in [3.05, 3.63) is 78.1 Å². The van der Waals surface area contributed by atoms with E-state index in [-0.39, 0.29) is 22.4 Å². The number of sulfonamides is 1. The van der Waals surface area contributed by atoms with Crippen molar-refractivity contribution >= 4 is 59.3 Å². The van der Waals surface area contributed by atoms with Gasteiger partial charge in [-0.2, -0.15) is 0 Å². The van der Waals surface area contributed by atoms with Gasteiger partial charge >= 0.3 is 0 Å². The van der Waals surface area contributed by atoms with Crippen LogP contribution in [0.1, 0.15) is 17.8 Å². The zero-order valence-electron chi connectivity index (χ0n) is 18.2. The Kier molecular flexibility index (Phi) is 5.76. The molecular formula is C24H21N5O3S2. The lowest BCUT2D eigenvalue weighted by Gasteiger charge is -2.04. The first-order chi connectivity index (χ1) is 16.4. The molecule has 5 aromatic rings. The number of nitrogens with zero attached hydrogens (tertiary/aromatic N) is 2. The van der Waals surface area contributed by atoms with Crippen molar-refractivity contribution < 1.29 is 13.2 Å². The quantitative estimate of drug-likeness (QED) is 0.301. The Hall–Kier alpha value is -3.76. The number of rotatable bonds is 7. The van der Waals surface area contributed by atoms with E-state index in [1.165, 1.54) is 11.3 Å². The van der Waals surface area contributed by atoms with Crippen LogP contribution < -0.4 is 10.0 Å². The van der Waals surface area contributed by atoms with E-state index in [0.29, 0.717) is 17.6 Å². The molecular weight excluding hydrogens is 470 g/mol. The van der Waals surface area contributed by atoms with Crippen LogP contribution in [0.4, 0.5) is 10.8 Å². The molecule has 3 aromatic carbocycles. The number of para-hydroxylation sites is 2. The molecule has 0 aliphatic rings. The topological polar surface area (TPSA) is 117 Å². The average Bonchev–Trinajstić information content (AvgIpc) is 3.40. The molecule has 2 heterocycles. The van der Waals surface area contributed by atoms with Gasteiger partial charge in [0, 0.05) is 18.5 Å². The van der Waals surface area contributed by atoms with E-state index < -0.39 is 10.0 Å². The van der Waals surface area contributed by atoms with Crippen molar-refractivity contribution in [1.82, 2.24) is 15.0 Å². The third kappa shape index (κ3) is 4.78. The first-order valence-electron chi connectivity index (χ1n) is 10.6. The Labute approximate surface area is 200 Å². The highest BCUT2D eigenvalue weighted by Gasteiger charge is 2.17. The molecule has 0 bridgehead atoms. The van der Waals surface area contributed by atoms with E-state index in [9.17, 15) is 13.2 Å². The Morgan fingerprint density at radius 1 is 1.00 bits per heavy atom. The molecule has 0 unspecified atom stereocenters. The number of hydrogen-bond donors (Lipinski definition) is 3. The number of nitrogens with one attached hydrogen (secondary N) is 3. The summed E-state index contributed by atoms with van der Waals surface area (Å²) in [6.45, 7) is 1.90. The van der Waals surface area contributed by atoms with Gasteiger partial charge in [-0.15, -0.1) is 0 Å². The number of H-pyrrole nitrogens is 1. The molecule has 0 spiro atoms. The molecule has 2 aromatic heterocycles. The maximum atomic E-state index is 12.6. The minimum Gasteiger partial charge on any atom is -0.342 e. The van der Waals surface area contributed by atoms with Crippen molar-refractivity contribution in [2.45, 2.75) is 24.7 Å². The predicted molar refractivity (Wildman–Crippen MR) is 135 cm³/mol. The number of anilines is 2. The molecule has 10 heteroatoms. The maximum absolute atomic E-state index is 12.6. The molecule has 0 saturated heterocycles. The van der Waals surface area contributed by atoms with Crippen LogP contribution in [0.5, 0.6) is 0 Å². The summed E-state index contributed by atoms with van der Waals surface area (Å²) in [7, 11) is -3.73. The molecule has 0 aliphatic heterocycles. The molecule has 0 aliphatic carbocycles. The highest BCUT2D eigenvalue weighted by molar-refractivity contribution is 7.93. The first-order valence-corrected chi connectivity index (χ1v) is 12.9. The fourth-order valence-corrected chi connectivity index (χ4v) is 5.66. The zero-order valence-corrected chi connectivity index (χ0v) is 19.8. The molecule has 5 rings (SSSR count). The number of benzene rings is 3. The summed E-state index contributed by atoms with van der Waals surface area (Å²) >= 11 is 1.21. The molecule has 0 radical (unpaired) electrons. The summed E-state index contributed by atoms with van der Waals surface area (Å²) in [4.78, 5) is 24.7. The van der Waals surface area contributed by atoms with Gasteiger partial charge in [0.2, 0.25) is 5.91 Å². The molecule has 0 saturated carbocycles. The van der Waals surface area contributed by atoms with E-state index >= 15 is 0 Å². The molecule has 172 valence electrons. The zero-order chi connectivity index (χ0) is 23.7. The number of hydrogen-bond acceptors (Lipinski definition) is 6. The predicted octanol–water partition coefficient (Wildman–Crippen LogP) is 4.85. The van der Waals surface area contributed by atoms with Gasteiger partial charge in [-0.05, 0) is 49.4 Å². The van der Waals surface area contributed by atoms with Gasteiger partial charge in [-0.3, -0.25) is 9.52 Å². The van der Waals surface area contributed by atoms with E-state index in [4.69, 9.17) is 0 Å². The monoisotopic (exact) mass is 491 g/mol. The second kappa shape index (κ2) is 8.88. The number of thiazole rings is 1. The van der Waals surface area contributed by atoms with E-state index in [1.54, 1.807) is 42.5 Å². The number of aromatic nitrogens is 3. The van der Waals surface area contributed by atoms with Gasteiger partial charge in [0.05, 0.1) is 26.1 Å². The van der Waals surface area contributed by atoms with E-state index in [2.05, 4.69) is 25.0 Å². The van der Waals surface area contributed by atoms with Crippen LogP contribution in [0, 0.1) is 6.92 Å². The van der Waals surface area contributed by atoms with Crippen LogP contribution in [0.3, 0.4) is 0 Å². The number of aryl methyl sites for hydroxylation is 2. The van der Waals surface area contributed by atoms with Crippen molar-refractivity contribution in [3.63, 3.8) is 0 Å². The Bertz CT molecular complexity index is 1570. The van der Waals surface area contributed by atoms with Crippen LogP contribution in [0.15, 0.2) is 71.6 Å². The van der Waals surface area contributed by atoms with Gasteiger partial charge in [0.25, 0.3) is 10.0 Å². The number of fused-ring (bicyclic) bond motifs is 2. The fourth-order valence-electron chi connectivity index (χ4n) is 3.52. The summed E-state index contributed by atoms with van der Waals surface area (Å²) in [6, 6.07) is 19.6. The van der Waals surface area contributed by atoms with Gasteiger partial charge in [-0.25, -0.2) is 18.4 Å². The number of carbonyl (C=O) groups excluding carboxylic acids is 1. The highest BCUT2D eigenvalue weighted by atomic mass is 32.2. The summed E-state index contributed by atoms with van der Waals surface area (Å²) in [5, 5.41) is 3.15. The van der Waals surface area contributed by atoms with Crippen molar-refractivity contribution in [3.8, 4) is 0 Å². The Balaban J connectivity index is 1.25. The number of amides is 1. The van der Waals surface area contributed by atoms with Crippen LogP contribution in [0.25, 0.3) is 21.3 Å². The van der Waals surface area contributed by atoms with Crippen molar-refractivity contribution in [1.29, 1.82) is 0 Å². The van der Waals surface area contributed by atoms with E-state index in [0.717, 1.165) is 27.1 Å². The Morgan fingerprint density at radius 2 is 1.79 bits per heavy atom. The number of imidazole rings is 1. The van der Waals surface area contributed by atoms with Crippen molar-refractivity contribution in [2.24, 2.45) is 0 Å². The standard InChI is InChI=1S/C24H21N5O3S2/c1-15-6-9-17(10-7-15)34(31,32)29-24-28-20-11-8-16(14-21(20)33-24)25-23(30)13-12-22-26-18-4-2-3-5-19(18)27-22/h2-11,14H,12-13H2,1H3,(H,25,30)(H,26,27)(H,28,29). The second-order valence-corrected chi connectivity index (χ2v) is 10.6. The molecule has 1 amide bonds. The molecule has 0 fully saturated rings. The lowest BCUT2D eigenvalue weighted by molar-refractivity contribution is -0.116. The van der Waals surface area contributed by atoms with Crippen LogP contribution in [-0.4, -0.2) is 29.3 Å². The van der Waals surface area contributed by atoms with Crippen molar-refractivity contribution in [2.75, 3.05) is 10.0 Å². The molecule has 3 N–H and O–H groups in total. The summed E-state index contributed by atoms with van der Waals surface area (Å²) in [5.74, 6) is 0.629. The van der Waals surface area contributed by atoms with Gasteiger partial charge in [0.1, 0.15) is 5.82 Å². The lowest BCUT2D eigenvalue weighted by Crippen LogP contribution is -2.12. The van der Waals surface area contributed by atoms with Crippen LogP contribution in [-0.2, 0) is 21.2 Å². The first kappa shape index (κ1) is 22.1. The minimum atomic E-state index is -3.73. The van der Waals surface area contributed by atoms with Crippen LogP contribution in [0.2, 0.25) is 0 Å². The number of aromatic amines is 1.